The molecule has 1 aliphatic heterocycles. The maximum Gasteiger partial charge on any atom is 0.245 e. The molecule has 20 heavy (non-hydrogen) atoms. The molecule has 1 saturated heterocycles. The molecule has 0 unspecified atom stereocenters. The quantitative estimate of drug-likeness (QED) is 0.876. The average Bonchev–Trinajstić information content (AvgIpc) is 2.74. The van der Waals surface area contributed by atoms with Crippen LogP contribution in [0.3, 0.4) is 0 Å². The van der Waals surface area contributed by atoms with Crippen molar-refractivity contribution in [3.63, 3.8) is 0 Å². The number of hydrogen-bond acceptors (Lipinski definition) is 4. The van der Waals surface area contributed by atoms with Crippen LogP contribution >= 0.6 is 0 Å². The van der Waals surface area contributed by atoms with Crippen molar-refractivity contribution in [1.82, 2.24) is 20.5 Å². The van der Waals surface area contributed by atoms with Gasteiger partial charge in [0.05, 0.1) is 0 Å². The van der Waals surface area contributed by atoms with Gasteiger partial charge in [0.2, 0.25) is 5.95 Å². The van der Waals surface area contributed by atoms with Crippen LogP contribution in [0.2, 0.25) is 0 Å². The maximum atomic E-state index is 4.66. The first-order chi connectivity index (χ1) is 9.72. The Bertz CT molecular complexity index is 561. The maximum absolute atomic E-state index is 4.66. The normalized spacial score (nSPS) is 16.2. The van der Waals surface area contributed by atoms with Gasteiger partial charge in [-0.1, -0.05) is 17.2 Å². The third-order valence-corrected chi connectivity index (χ3v) is 3.59. The van der Waals surface area contributed by atoms with Gasteiger partial charge in [0.1, 0.15) is 0 Å². The number of hydrogen-bond donors (Lipinski definition) is 2. The van der Waals surface area contributed by atoms with Crippen LogP contribution in [0.4, 0.5) is 5.95 Å². The van der Waals surface area contributed by atoms with Gasteiger partial charge in [0.25, 0.3) is 0 Å². The summed E-state index contributed by atoms with van der Waals surface area (Å²) in [7, 11) is 0. The van der Waals surface area contributed by atoms with Gasteiger partial charge in [-0.05, 0) is 38.9 Å². The zero-order chi connectivity index (χ0) is 13.9. The predicted molar refractivity (Wildman–Crippen MR) is 81.0 cm³/mol. The van der Waals surface area contributed by atoms with Crippen LogP contribution < -0.4 is 10.2 Å². The van der Waals surface area contributed by atoms with Crippen LogP contribution in [0, 0.1) is 13.8 Å². The molecule has 1 aliphatic rings. The van der Waals surface area contributed by atoms with E-state index in [9.17, 15) is 0 Å². The highest BCUT2D eigenvalue weighted by Crippen LogP contribution is 2.20. The van der Waals surface area contributed by atoms with E-state index in [0.29, 0.717) is 0 Å². The summed E-state index contributed by atoms with van der Waals surface area (Å²) in [5.74, 6) is 1.66. The molecular weight excluding hydrogens is 250 g/mol. The predicted octanol–water partition coefficient (Wildman–Crippen LogP) is 1.89. The lowest BCUT2D eigenvalue weighted by atomic mass is 10.1. The molecule has 0 amide bonds. The fraction of sp³-hybridized carbons (Fsp3) is 0.467. The molecule has 0 radical (unpaired) electrons. The van der Waals surface area contributed by atoms with Gasteiger partial charge in [-0.25, -0.2) is 0 Å². The zero-order valence-electron chi connectivity index (χ0n) is 12.1. The van der Waals surface area contributed by atoms with E-state index in [1.807, 2.05) is 0 Å². The van der Waals surface area contributed by atoms with Gasteiger partial charge in [0, 0.05) is 25.2 Å². The van der Waals surface area contributed by atoms with Gasteiger partial charge in [-0.3, -0.25) is 5.10 Å². The lowest BCUT2D eigenvalue weighted by Gasteiger charge is -2.16. The summed E-state index contributed by atoms with van der Waals surface area (Å²) in [5.41, 5.74) is 3.60. The molecule has 1 fully saturated rings. The monoisotopic (exact) mass is 271 g/mol. The molecule has 0 bridgehead atoms. The minimum absolute atomic E-state index is 0.808. The minimum Gasteiger partial charge on any atom is -0.338 e. The second-order valence-electron chi connectivity index (χ2n) is 5.45. The summed E-state index contributed by atoms with van der Waals surface area (Å²) in [6.07, 6.45) is 1.13. The topological polar surface area (TPSA) is 56.8 Å². The summed E-state index contributed by atoms with van der Waals surface area (Å²) < 4.78 is 0. The molecule has 2 aromatic rings. The van der Waals surface area contributed by atoms with Crippen molar-refractivity contribution >= 4 is 5.95 Å². The number of anilines is 1. The molecule has 2 N–H and O–H groups in total. The summed E-state index contributed by atoms with van der Waals surface area (Å²) in [6.45, 7) is 8.25. The number of aromatic nitrogens is 3. The van der Waals surface area contributed by atoms with Crippen LogP contribution in [0.5, 0.6) is 0 Å². The molecule has 0 saturated carbocycles. The first-order valence-corrected chi connectivity index (χ1v) is 7.19. The van der Waals surface area contributed by atoms with Crippen LogP contribution in [-0.4, -0.2) is 41.4 Å². The first-order valence-electron chi connectivity index (χ1n) is 7.19. The van der Waals surface area contributed by atoms with Gasteiger partial charge >= 0.3 is 0 Å². The van der Waals surface area contributed by atoms with Crippen molar-refractivity contribution in [1.29, 1.82) is 0 Å². The van der Waals surface area contributed by atoms with Gasteiger partial charge < -0.3 is 10.2 Å². The SMILES string of the molecule is Cc1cc(C)cc(-c2nc(N3CCCNCC3)n[nH]2)c1. The highest BCUT2D eigenvalue weighted by molar-refractivity contribution is 5.58. The summed E-state index contributed by atoms with van der Waals surface area (Å²) in [5, 5.41) is 10.8. The Morgan fingerprint density at radius 3 is 2.65 bits per heavy atom. The van der Waals surface area contributed by atoms with E-state index in [2.05, 4.69) is 57.4 Å². The van der Waals surface area contributed by atoms with Crippen molar-refractivity contribution in [3.8, 4) is 11.4 Å². The van der Waals surface area contributed by atoms with Crippen molar-refractivity contribution in [2.24, 2.45) is 0 Å². The van der Waals surface area contributed by atoms with E-state index in [1.54, 1.807) is 0 Å². The zero-order valence-corrected chi connectivity index (χ0v) is 12.1. The van der Waals surface area contributed by atoms with E-state index in [-0.39, 0.29) is 0 Å². The fourth-order valence-electron chi connectivity index (χ4n) is 2.68. The Morgan fingerprint density at radius 1 is 1.05 bits per heavy atom. The van der Waals surface area contributed by atoms with Crippen molar-refractivity contribution in [2.45, 2.75) is 20.3 Å². The van der Waals surface area contributed by atoms with E-state index < -0.39 is 0 Å². The van der Waals surface area contributed by atoms with Gasteiger partial charge in [-0.2, -0.15) is 4.98 Å². The van der Waals surface area contributed by atoms with Crippen LogP contribution in [0.25, 0.3) is 11.4 Å². The molecular formula is C15H21N5. The van der Waals surface area contributed by atoms with Crippen LogP contribution in [0.1, 0.15) is 17.5 Å². The molecule has 0 aliphatic carbocycles. The number of benzene rings is 1. The third-order valence-electron chi connectivity index (χ3n) is 3.59. The smallest absolute Gasteiger partial charge is 0.245 e. The molecule has 2 heterocycles. The highest BCUT2D eigenvalue weighted by atomic mass is 15.4. The summed E-state index contributed by atoms with van der Waals surface area (Å²) in [4.78, 5) is 6.90. The van der Waals surface area contributed by atoms with Crippen LogP contribution in [-0.2, 0) is 0 Å². The van der Waals surface area contributed by atoms with Crippen molar-refractivity contribution in [3.05, 3.63) is 29.3 Å². The molecule has 3 rings (SSSR count). The molecule has 0 atom stereocenters. The highest BCUT2D eigenvalue weighted by Gasteiger charge is 2.14. The van der Waals surface area contributed by atoms with Crippen molar-refractivity contribution < 1.29 is 0 Å². The van der Waals surface area contributed by atoms with Crippen LogP contribution in [0.15, 0.2) is 18.2 Å². The number of nitrogens with one attached hydrogen (secondary N) is 2. The molecule has 5 nitrogen and oxygen atoms in total. The van der Waals surface area contributed by atoms with Crippen molar-refractivity contribution in [2.75, 3.05) is 31.1 Å². The lowest BCUT2D eigenvalue weighted by molar-refractivity contribution is 0.724. The molecule has 1 aromatic heterocycles. The van der Waals surface area contributed by atoms with E-state index in [1.165, 1.54) is 11.1 Å². The number of H-pyrrole nitrogens is 1. The largest absolute Gasteiger partial charge is 0.338 e. The second kappa shape index (κ2) is 5.63. The molecule has 0 spiro atoms. The Balaban J connectivity index is 1.85. The Labute approximate surface area is 119 Å². The molecule has 1 aromatic carbocycles. The fourth-order valence-corrected chi connectivity index (χ4v) is 2.68. The molecule has 5 heteroatoms. The number of rotatable bonds is 2. The third kappa shape index (κ3) is 2.82. The Morgan fingerprint density at radius 2 is 1.85 bits per heavy atom. The van der Waals surface area contributed by atoms with Gasteiger partial charge in [0.15, 0.2) is 5.82 Å². The van der Waals surface area contributed by atoms with Gasteiger partial charge in [-0.15, -0.1) is 5.10 Å². The molecule has 106 valence electrons. The Kier molecular flexibility index (Phi) is 3.69. The number of nitrogens with zero attached hydrogens (tertiary/aromatic N) is 3. The van der Waals surface area contributed by atoms with E-state index in [0.717, 1.165) is 49.9 Å². The van der Waals surface area contributed by atoms with E-state index in [4.69, 9.17) is 0 Å². The Hall–Kier alpha value is -1.88. The number of aromatic amines is 1. The standard InChI is InChI=1S/C15H21N5/c1-11-8-12(2)10-13(9-11)14-17-15(19-18-14)20-6-3-4-16-5-7-20/h8-10,16H,3-7H2,1-2H3,(H,17,18,19). The minimum atomic E-state index is 0.808. The lowest BCUT2D eigenvalue weighted by Crippen LogP contribution is -2.28. The summed E-state index contributed by atoms with van der Waals surface area (Å²) in [6, 6.07) is 6.45. The van der Waals surface area contributed by atoms with E-state index >= 15 is 0 Å². The second-order valence-corrected chi connectivity index (χ2v) is 5.45. The number of aryl methyl sites for hydroxylation is 2. The summed E-state index contributed by atoms with van der Waals surface area (Å²) >= 11 is 0. The average molecular weight is 271 g/mol. The first kappa shape index (κ1) is 13.1.